The molecule has 1 unspecified atom stereocenters. The second kappa shape index (κ2) is 7.93. The molecule has 1 aliphatic rings. The van der Waals surface area contributed by atoms with Crippen LogP contribution in [0.3, 0.4) is 0 Å². The molecule has 1 saturated heterocycles. The Kier molecular flexibility index (Phi) is 6.54. The summed E-state index contributed by atoms with van der Waals surface area (Å²) in [6, 6.07) is -0.431. The van der Waals surface area contributed by atoms with E-state index < -0.39 is 6.04 Å². The zero-order chi connectivity index (χ0) is 14.3. The molecule has 110 valence electrons. The Balaban J connectivity index is 2.50. The summed E-state index contributed by atoms with van der Waals surface area (Å²) in [6.45, 7) is 4.62. The highest BCUT2D eigenvalue weighted by Crippen LogP contribution is 2.08. The van der Waals surface area contributed by atoms with Crippen LogP contribution in [0.5, 0.6) is 0 Å². The summed E-state index contributed by atoms with van der Waals surface area (Å²) in [5.41, 5.74) is 2.14. The van der Waals surface area contributed by atoms with E-state index in [1.165, 1.54) is 7.11 Å². The Morgan fingerprint density at radius 2 is 1.95 bits per heavy atom. The molecule has 8 nitrogen and oxygen atoms in total. The van der Waals surface area contributed by atoms with E-state index in [9.17, 15) is 9.59 Å². The Morgan fingerprint density at radius 1 is 1.32 bits per heavy atom. The van der Waals surface area contributed by atoms with Crippen LogP contribution in [0.15, 0.2) is 0 Å². The molecule has 0 aliphatic carbocycles. The number of nitrogens with one attached hydrogen (secondary N) is 1. The SMILES string of the molecule is CCOC(=O)N1CCN(C(COC)C(=O)NN)CC1. The van der Waals surface area contributed by atoms with Crippen LogP contribution in [-0.2, 0) is 14.3 Å². The van der Waals surface area contributed by atoms with E-state index in [1.807, 2.05) is 4.90 Å². The standard InChI is InChI=1S/C11H22N4O4/c1-3-19-11(17)15-6-4-14(5-7-15)9(8-18-2)10(16)13-12/h9H,3-8,12H2,1-2H3,(H,13,16). The van der Waals surface area contributed by atoms with Gasteiger partial charge in [0.15, 0.2) is 0 Å². The molecule has 3 N–H and O–H groups in total. The predicted molar refractivity (Wildman–Crippen MR) is 68.2 cm³/mol. The van der Waals surface area contributed by atoms with E-state index in [1.54, 1.807) is 11.8 Å². The van der Waals surface area contributed by atoms with E-state index in [2.05, 4.69) is 5.43 Å². The van der Waals surface area contributed by atoms with Crippen LogP contribution in [-0.4, -0.2) is 74.3 Å². The van der Waals surface area contributed by atoms with E-state index in [-0.39, 0.29) is 18.6 Å². The van der Waals surface area contributed by atoms with Crippen molar-refractivity contribution in [1.82, 2.24) is 15.2 Å². The molecular weight excluding hydrogens is 252 g/mol. The van der Waals surface area contributed by atoms with Gasteiger partial charge in [-0.2, -0.15) is 0 Å². The number of ether oxygens (including phenoxy) is 2. The van der Waals surface area contributed by atoms with Crippen LogP contribution in [0, 0.1) is 0 Å². The molecular formula is C11H22N4O4. The molecule has 1 heterocycles. The Hall–Kier alpha value is -1.38. The van der Waals surface area contributed by atoms with Crippen molar-refractivity contribution in [1.29, 1.82) is 0 Å². The summed E-state index contributed by atoms with van der Waals surface area (Å²) in [7, 11) is 1.53. The number of rotatable bonds is 5. The largest absolute Gasteiger partial charge is 0.450 e. The van der Waals surface area contributed by atoms with E-state index >= 15 is 0 Å². The number of methoxy groups -OCH3 is 1. The number of piperazine rings is 1. The average Bonchev–Trinajstić information content (AvgIpc) is 2.44. The highest BCUT2D eigenvalue weighted by molar-refractivity contribution is 5.81. The van der Waals surface area contributed by atoms with Gasteiger partial charge >= 0.3 is 6.09 Å². The summed E-state index contributed by atoms with van der Waals surface area (Å²) < 4.78 is 9.97. The van der Waals surface area contributed by atoms with Crippen LogP contribution in [0.4, 0.5) is 4.79 Å². The minimum absolute atomic E-state index is 0.266. The number of carbonyl (C=O) groups excluding carboxylic acids is 2. The molecule has 0 spiro atoms. The number of amides is 2. The fourth-order valence-corrected chi connectivity index (χ4v) is 2.03. The number of nitrogens with zero attached hydrogens (tertiary/aromatic N) is 2. The number of hydrogen-bond acceptors (Lipinski definition) is 6. The first kappa shape index (κ1) is 15.7. The monoisotopic (exact) mass is 274 g/mol. The van der Waals surface area contributed by atoms with Gasteiger partial charge < -0.3 is 14.4 Å². The van der Waals surface area contributed by atoms with Gasteiger partial charge in [-0.3, -0.25) is 15.1 Å². The second-order valence-electron chi connectivity index (χ2n) is 4.20. The molecule has 0 radical (unpaired) electrons. The molecule has 0 aromatic rings. The third-order valence-electron chi connectivity index (χ3n) is 3.05. The minimum Gasteiger partial charge on any atom is -0.450 e. The third kappa shape index (κ3) is 4.34. The lowest BCUT2D eigenvalue weighted by Gasteiger charge is -2.37. The van der Waals surface area contributed by atoms with Crippen molar-refractivity contribution in [2.45, 2.75) is 13.0 Å². The Morgan fingerprint density at radius 3 is 2.42 bits per heavy atom. The fourth-order valence-electron chi connectivity index (χ4n) is 2.03. The third-order valence-corrected chi connectivity index (χ3v) is 3.05. The molecule has 0 aromatic heterocycles. The first-order valence-corrected chi connectivity index (χ1v) is 6.29. The maximum absolute atomic E-state index is 11.7. The lowest BCUT2D eigenvalue weighted by Crippen LogP contribution is -2.58. The molecule has 8 heteroatoms. The maximum atomic E-state index is 11.7. The minimum atomic E-state index is -0.431. The number of carbonyl (C=O) groups is 2. The molecule has 1 aliphatic heterocycles. The van der Waals surface area contributed by atoms with E-state index in [0.717, 1.165) is 0 Å². The van der Waals surface area contributed by atoms with Crippen LogP contribution in [0.2, 0.25) is 0 Å². The molecule has 0 bridgehead atoms. The molecule has 1 atom stereocenters. The maximum Gasteiger partial charge on any atom is 0.409 e. The summed E-state index contributed by atoms with van der Waals surface area (Å²) in [5, 5.41) is 0. The van der Waals surface area contributed by atoms with Gasteiger partial charge in [0.05, 0.1) is 13.2 Å². The van der Waals surface area contributed by atoms with Gasteiger partial charge in [0.2, 0.25) is 0 Å². The Labute approximate surface area is 112 Å². The number of hydrogen-bond donors (Lipinski definition) is 2. The van der Waals surface area contributed by atoms with Crippen LogP contribution < -0.4 is 11.3 Å². The fraction of sp³-hybridized carbons (Fsp3) is 0.818. The second-order valence-corrected chi connectivity index (χ2v) is 4.20. The van der Waals surface area contributed by atoms with Gasteiger partial charge in [-0.15, -0.1) is 0 Å². The summed E-state index contributed by atoms with van der Waals surface area (Å²) in [6.07, 6.45) is -0.311. The van der Waals surface area contributed by atoms with Crippen molar-refractivity contribution in [3.63, 3.8) is 0 Å². The Bertz CT molecular complexity index is 305. The normalized spacial score (nSPS) is 17.9. The van der Waals surface area contributed by atoms with Gasteiger partial charge in [0.25, 0.3) is 5.91 Å². The summed E-state index contributed by atoms with van der Waals surface area (Å²) in [4.78, 5) is 26.8. The summed E-state index contributed by atoms with van der Waals surface area (Å²) >= 11 is 0. The van der Waals surface area contributed by atoms with Crippen LogP contribution >= 0.6 is 0 Å². The zero-order valence-electron chi connectivity index (χ0n) is 11.4. The van der Waals surface area contributed by atoms with Crippen LogP contribution in [0.1, 0.15) is 6.92 Å². The smallest absolute Gasteiger partial charge is 0.409 e. The predicted octanol–water partition coefficient (Wildman–Crippen LogP) is -1.23. The molecule has 0 saturated carbocycles. The lowest BCUT2D eigenvalue weighted by atomic mass is 10.2. The van der Waals surface area contributed by atoms with Gasteiger partial charge in [0.1, 0.15) is 6.04 Å². The highest BCUT2D eigenvalue weighted by Gasteiger charge is 2.30. The average molecular weight is 274 g/mol. The van der Waals surface area contributed by atoms with Crippen molar-refractivity contribution >= 4 is 12.0 Å². The first-order chi connectivity index (χ1) is 9.13. The molecule has 0 aromatic carbocycles. The molecule has 19 heavy (non-hydrogen) atoms. The molecule has 2 amide bonds. The topological polar surface area (TPSA) is 97.1 Å². The van der Waals surface area contributed by atoms with Crippen molar-refractivity contribution < 1.29 is 19.1 Å². The lowest BCUT2D eigenvalue weighted by molar-refractivity contribution is -0.129. The van der Waals surface area contributed by atoms with Gasteiger partial charge in [-0.05, 0) is 6.92 Å². The van der Waals surface area contributed by atoms with Crippen molar-refractivity contribution in [3.8, 4) is 0 Å². The van der Waals surface area contributed by atoms with Crippen molar-refractivity contribution in [2.75, 3.05) is 46.5 Å². The van der Waals surface area contributed by atoms with E-state index in [0.29, 0.717) is 32.8 Å². The molecule has 1 rings (SSSR count). The zero-order valence-corrected chi connectivity index (χ0v) is 11.4. The van der Waals surface area contributed by atoms with E-state index in [4.69, 9.17) is 15.3 Å². The van der Waals surface area contributed by atoms with Crippen molar-refractivity contribution in [3.05, 3.63) is 0 Å². The highest BCUT2D eigenvalue weighted by atomic mass is 16.6. The summed E-state index contributed by atoms with van der Waals surface area (Å²) in [5.74, 6) is 4.87. The van der Waals surface area contributed by atoms with Gasteiger partial charge in [-0.1, -0.05) is 0 Å². The van der Waals surface area contributed by atoms with Crippen molar-refractivity contribution in [2.24, 2.45) is 5.84 Å². The first-order valence-electron chi connectivity index (χ1n) is 6.29. The van der Waals surface area contributed by atoms with Crippen LogP contribution in [0.25, 0.3) is 0 Å². The quantitative estimate of drug-likeness (QED) is 0.370. The number of hydrazine groups is 1. The van der Waals surface area contributed by atoms with Gasteiger partial charge in [-0.25, -0.2) is 10.6 Å². The van der Waals surface area contributed by atoms with Gasteiger partial charge in [0, 0.05) is 33.3 Å². The molecule has 1 fully saturated rings. The number of nitrogens with two attached hydrogens (primary N) is 1.